The van der Waals surface area contributed by atoms with E-state index in [1.165, 1.54) is 6.07 Å². The van der Waals surface area contributed by atoms with Crippen LogP contribution in [0.3, 0.4) is 0 Å². The molecular weight excluding hydrogens is 200 g/mol. The van der Waals surface area contributed by atoms with E-state index in [1.54, 1.807) is 0 Å². The Balaban J connectivity index is 2.92. The van der Waals surface area contributed by atoms with Gasteiger partial charge in [0.15, 0.2) is 11.6 Å². The van der Waals surface area contributed by atoms with Crippen LogP contribution < -0.4 is 10.5 Å². The second kappa shape index (κ2) is 4.28. The first-order chi connectivity index (χ1) is 6.15. The van der Waals surface area contributed by atoms with E-state index >= 15 is 0 Å². The van der Waals surface area contributed by atoms with Crippen LogP contribution in [0.1, 0.15) is 0 Å². The Bertz CT molecular complexity index is 283. The maximum absolute atomic E-state index is 13.0. The highest BCUT2D eigenvalue weighted by molar-refractivity contribution is 6.32. The summed E-state index contributed by atoms with van der Waals surface area (Å²) >= 11 is 5.60. The highest BCUT2D eigenvalue weighted by Crippen LogP contribution is 2.29. The van der Waals surface area contributed by atoms with Crippen LogP contribution in [0.4, 0.5) is 14.5 Å². The minimum atomic E-state index is -0.694. The predicted molar refractivity (Wildman–Crippen MR) is 47.3 cm³/mol. The number of ether oxygens (including phenoxy) is 1. The molecule has 0 aliphatic carbocycles. The van der Waals surface area contributed by atoms with Crippen LogP contribution in [0, 0.1) is 5.82 Å². The molecular formula is C8H8ClF2NO. The Morgan fingerprint density at radius 2 is 2.15 bits per heavy atom. The summed E-state index contributed by atoms with van der Waals surface area (Å²) in [6.07, 6.45) is 0. The summed E-state index contributed by atoms with van der Waals surface area (Å²) in [6, 6.07) is 2.41. The Kier molecular flexibility index (Phi) is 3.31. The van der Waals surface area contributed by atoms with Crippen molar-refractivity contribution in [3.8, 4) is 5.75 Å². The lowest BCUT2D eigenvalue weighted by atomic mass is 10.3. The quantitative estimate of drug-likeness (QED) is 0.773. The third-order valence-electron chi connectivity index (χ3n) is 1.34. The molecule has 72 valence electrons. The summed E-state index contributed by atoms with van der Waals surface area (Å²) in [6.45, 7) is -0.916. The van der Waals surface area contributed by atoms with E-state index < -0.39 is 12.5 Å². The van der Waals surface area contributed by atoms with Crippen LogP contribution in [0.25, 0.3) is 0 Å². The van der Waals surface area contributed by atoms with Crippen molar-refractivity contribution in [2.24, 2.45) is 0 Å². The highest BCUT2D eigenvalue weighted by atomic mass is 35.5. The molecule has 0 saturated carbocycles. The van der Waals surface area contributed by atoms with Gasteiger partial charge >= 0.3 is 0 Å². The standard InChI is InChI=1S/C8H8ClF2NO/c9-6-3-5(12)4-7(11)8(6)13-2-1-10/h3-4H,1-2,12H2. The molecule has 0 aliphatic rings. The SMILES string of the molecule is Nc1cc(F)c(OCCF)c(Cl)c1. The molecule has 0 aliphatic heterocycles. The van der Waals surface area contributed by atoms with Crippen molar-refractivity contribution in [2.45, 2.75) is 0 Å². The maximum atomic E-state index is 13.0. The van der Waals surface area contributed by atoms with Gasteiger partial charge in [0.05, 0.1) is 5.02 Å². The van der Waals surface area contributed by atoms with E-state index in [0.29, 0.717) is 0 Å². The van der Waals surface area contributed by atoms with Gasteiger partial charge in [-0.3, -0.25) is 0 Å². The molecule has 0 atom stereocenters. The summed E-state index contributed by atoms with van der Waals surface area (Å²) in [5, 5.41) is 0.0472. The van der Waals surface area contributed by atoms with Crippen molar-refractivity contribution in [2.75, 3.05) is 19.0 Å². The van der Waals surface area contributed by atoms with Gasteiger partial charge < -0.3 is 10.5 Å². The number of halogens is 3. The first-order valence-electron chi connectivity index (χ1n) is 3.58. The number of alkyl halides is 1. The number of hydrogen-bond donors (Lipinski definition) is 1. The lowest BCUT2D eigenvalue weighted by Crippen LogP contribution is -2.02. The average Bonchev–Trinajstić information content (AvgIpc) is 2.02. The van der Waals surface area contributed by atoms with Crippen LogP contribution in [-0.2, 0) is 0 Å². The number of benzene rings is 1. The molecule has 0 radical (unpaired) electrons. The van der Waals surface area contributed by atoms with Gasteiger partial charge in [-0.15, -0.1) is 0 Å². The molecule has 1 rings (SSSR count). The van der Waals surface area contributed by atoms with Gasteiger partial charge in [-0.1, -0.05) is 11.6 Å². The van der Waals surface area contributed by atoms with Crippen molar-refractivity contribution in [1.82, 2.24) is 0 Å². The second-order valence-corrected chi connectivity index (χ2v) is 2.76. The van der Waals surface area contributed by atoms with Gasteiger partial charge in [-0.05, 0) is 6.07 Å². The maximum Gasteiger partial charge on any atom is 0.173 e. The fraction of sp³-hybridized carbons (Fsp3) is 0.250. The number of nitrogen functional groups attached to an aromatic ring is 1. The topological polar surface area (TPSA) is 35.2 Å². The summed E-state index contributed by atoms with van der Waals surface area (Å²) in [5.74, 6) is -0.841. The molecule has 0 heterocycles. The van der Waals surface area contributed by atoms with E-state index in [9.17, 15) is 8.78 Å². The van der Waals surface area contributed by atoms with Gasteiger partial charge in [0.1, 0.15) is 13.3 Å². The first kappa shape index (κ1) is 10.1. The van der Waals surface area contributed by atoms with Crippen molar-refractivity contribution < 1.29 is 13.5 Å². The summed E-state index contributed by atoms with van der Waals surface area (Å²) < 4.78 is 29.5. The van der Waals surface area contributed by atoms with Crippen LogP contribution in [0.5, 0.6) is 5.75 Å². The summed E-state index contributed by atoms with van der Waals surface area (Å²) in [7, 11) is 0. The van der Waals surface area contributed by atoms with E-state index in [2.05, 4.69) is 0 Å². The normalized spacial score (nSPS) is 10.1. The lowest BCUT2D eigenvalue weighted by molar-refractivity contribution is 0.263. The van der Waals surface area contributed by atoms with Crippen LogP contribution in [0.15, 0.2) is 12.1 Å². The molecule has 0 unspecified atom stereocenters. The molecule has 0 aromatic heterocycles. The van der Waals surface area contributed by atoms with Crippen LogP contribution >= 0.6 is 11.6 Å². The van der Waals surface area contributed by atoms with E-state index in [0.717, 1.165) is 6.07 Å². The Labute approximate surface area is 79.2 Å². The molecule has 0 bridgehead atoms. The van der Waals surface area contributed by atoms with E-state index in [-0.39, 0.29) is 23.1 Å². The molecule has 1 aromatic rings. The minimum absolute atomic E-state index is 0.0472. The molecule has 2 nitrogen and oxygen atoms in total. The van der Waals surface area contributed by atoms with Gasteiger partial charge in [0.25, 0.3) is 0 Å². The molecule has 2 N–H and O–H groups in total. The monoisotopic (exact) mass is 207 g/mol. The second-order valence-electron chi connectivity index (χ2n) is 2.35. The molecule has 13 heavy (non-hydrogen) atoms. The Hall–Kier alpha value is -1.03. The molecule has 5 heteroatoms. The third kappa shape index (κ3) is 2.45. The predicted octanol–water partition coefficient (Wildman–Crippen LogP) is 2.41. The zero-order chi connectivity index (χ0) is 9.84. The zero-order valence-electron chi connectivity index (χ0n) is 6.69. The van der Waals surface area contributed by atoms with E-state index in [4.69, 9.17) is 22.1 Å². The van der Waals surface area contributed by atoms with E-state index in [1.807, 2.05) is 0 Å². The fourth-order valence-corrected chi connectivity index (χ4v) is 1.13. The third-order valence-corrected chi connectivity index (χ3v) is 1.62. The molecule has 1 aromatic carbocycles. The van der Waals surface area contributed by atoms with Gasteiger partial charge in [0.2, 0.25) is 0 Å². The smallest absolute Gasteiger partial charge is 0.173 e. The number of anilines is 1. The largest absolute Gasteiger partial charge is 0.486 e. The average molecular weight is 208 g/mol. The Morgan fingerprint density at radius 1 is 1.46 bits per heavy atom. The summed E-state index contributed by atoms with van der Waals surface area (Å²) in [4.78, 5) is 0. The highest BCUT2D eigenvalue weighted by Gasteiger charge is 2.09. The fourth-order valence-electron chi connectivity index (χ4n) is 0.858. The number of rotatable bonds is 3. The molecule has 0 amide bonds. The minimum Gasteiger partial charge on any atom is -0.486 e. The van der Waals surface area contributed by atoms with Crippen LogP contribution in [0.2, 0.25) is 5.02 Å². The van der Waals surface area contributed by atoms with Gasteiger partial charge in [-0.2, -0.15) is 0 Å². The zero-order valence-corrected chi connectivity index (χ0v) is 7.44. The molecule has 0 fully saturated rings. The first-order valence-corrected chi connectivity index (χ1v) is 3.96. The van der Waals surface area contributed by atoms with Crippen molar-refractivity contribution >= 4 is 17.3 Å². The van der Waals surface area contributed by atoms with Crippen molar-refractivity contribution in [1.29, 1.82) is 0 Å². The number of nitrogens with two attached hydrogens (primary N) is 1. The lowest BCUT2D eigenvalue weighted by Gasteiger charge is -2.07. The van der Waals surface area contributed by atoms with Crippen molar-refractivity contribution in [3.63, 3.8) is 0 Å². The number of hydrogen-bond acceptors (Lipinski definition) is 2. The molecule has 0 saturated heterocycles. The van der Waals surface area contributed by atoms with Gasteiger partial charge in [0, 0.05) is 11.8 Å². The Morgan fingerprint density at radius 3 is 2.69 bits per heavy atom. The summed E-state index contributed by atoms with van der Waals surface area (Å²) in [5.41, 5.74) is 5.51. The van der Waals surface area contributed by atoms with Gasteiger partial charge in [-0.25, -0.2) is 8.78 Å². The van der Waals surface area contributed by atoms with Crippen LogP contribution in [-0.4, -0.2) is 13.3 Å². The molecule has 0 spiro atoms. The van der Waals surface area contributed by atoms with Crippen molar-refractivity contribution in [3.05, 3.63) is 23.0 Å².